The fourth-order valence-electron chi connectivity index (χ4n) is 2.92. The van der Waals surface area contributed by atoms with E-state index in [1.54, 1.807) is 0 Å². The maximum absolute atomic E-state index is 12.3. The van der Waals surface area contributed by atoms with Gasteiger partial charge in [0.1, 0.15) is 0 Å². The molecular weight excluding hydrogens is 348 g/mol. The summed E-state index contributed by atoms with van der Waals surface area (Å²) in [7, 11) is -3.23. The topological polar surface area (TPSA) is 66.5 Å². The standard InChI is InChI=1S/C17H25ClN2O3S/c1-2-12-24(22,23)20-11-3-4-15(13-20)17(21)19-10-9-14-5-7-16(18)8-6-14/h5-8,15H,2-4,9-13H2,1H3,(H,19,21)/t15-/m0/s1. The van der Waals surface area contributed by atoms with Crippen LogP contribution in [0.4, 0.5) is 0 Å². The maximum atomic E-state index is 12.3. The van der Waals surface area contributed by atoms with Crippen molar-refractivity contribution < 1.29 is 13.2 Å². The van der Waals surface area contributed by atoms with Crippen molar-refractivity contribution in [2.75, 3.05) is 25.4 Å². The predicted octanol–water partition coefficient (Wildman–Crippen LogP) is 2.45. The second-order valence-corrected chi connectivity index (χ2v) is 8.71. The Balaban J connectivity index is 1.82. The molecular formula is C17H25ClN2O3S. The molecule has 1 N–H and O–H groups in total. The summed E-state index contributed by atoms with van der Waals surface area (Å²) >= 11 is 5.85. The number of rotatable bonds is 7. The van der Waals surface area contributed by atoms with Gasteiger partial charge in [0.2, 0.25) is 15.9 Å². The molecule has 2 rings (SSSR count). The van der Waals surface area contributed by atoms with Crippen molar-refractivity contribution in [2.45, 2.75) is 32.6 Å². The molecule has 1 amide bonds. The number of nitrogens with zero attached hydrogens (tertiary/aromatic N) is 1. The van der Waals surface area contributed by atoms with E-state index >= 15 is 0 Å². The number of hydrogen-bond acceptors (Lipinski definition) is 3. The van der Waals surface area contributed by atoms with Gasteiger partial charge in [-0.3, -0.25) is 4.79 Å². The van der Waals surface area contributed by atoms with E-state index in [1.165, 1.54) is 4.31 Å². The minimum Gasteiger partial charge on any atom is -0.355 e. The van der Waals surface area contributed by atoms with E-state index in [4.69, 9.17) is 11.6 Å². The molecule has 1 saturated heterocycles. The number of piperidine rings is 1. The highest BCUT2D eigenvalue weighted by atomic mass is 35.5. The summed E-state index contributed by atoms with van der Waals surface area (Å²) in [6.45, 7) is 3.22. The normalized spacial score (nSPS) is 19.2. The number of amides is 1. The molecule has 0 radical (unpaired) electrons. The van der Waals surface area contributed by atoms with Crippen molar-refractivity contribution in [1.29, 1.82) is 0 Å². The van der Waals surface area contributed by atoms with Crippen LogP contribution in [0.5, 0.6) is 0 Å². The molecule has 0 unspecified atom stereocenters. The summed E-state index contributed by atoms with van der Waals surface area (Å²) in [5.41, 5.74) is 1.11. The van der Waals surface area contributed by atoms with Crippen LogP contribution in [0, 0.1) is 5.92 Å². The SMILES string of the molecule is CCCS(=O)(=O)N1CCC[C@H](C(=O)NCCc2ccc(Cl)cc2)C1. The van der Waals surface area contributed by atoms with Gasteiger partial charge < -0.3 is 5.32 Å². The minimum absolute atomic E-state index is 0.0552. The quantitative estimate of drug-likeness (QED) is 0.799. The van der Waals surface area contributed by atoms with Crippen molar-refractivity contribution in [3.8, 4) is 0 Å². The summed E-state index contributed by atoms with van der Waals surface area (Å²) < 4.78 is 25.8. The van der Waals surface area contributed by atoms with Gasteiger partial charge in [0.05, 0.1) is 11.7 Å². The smallest absolute Gasteiger partial charge is 0.224 e. The molecule has 5 nitrogen and oxygen atoms in total. The van der Waals surface area contributed by atoms with Crippen LogP contribution in [0.3, 0.4) is 0 Å². The molecule has 0 aromatic heterocycles. The Morgan fingerprint density at radius 2 is 2.04 bits per heavy atom. The Kier molecular flexibility index (Phi) is 7.07. The third-order valence-corrected chi connectivity index (χ3v) is 6.53. The number of carbonyl (C=O) groups is 1. The average Bonchev–Trinajstić information content (AvgIpc) is 2.56. The highest BCUT2D eigenvalue weighted by Crippen LogP contribution is 2.20. The zero-order chi connectivity index (χ0) is 17.6. The molecule has 0 bridgehead atoms. The van der Waals surface area contributed by atoms with Gasteiger partial charge in [-0.05, 0) is 43.4 Å². The van der Waals surface area contributed by atoms with Gasteiger partial charge in [0.15, 0.2) is 0 Å². The molecule has 1 aromatic rings. The first-order valence-electron chi connectivity index (χ1n) is 8.42. The van der Waals surface area contributed by atoms with E-state index in [0.29, 0.717) is 31.1 Å². The molecule has 0 spiro atoms. The van der Waals surface area contributed by atoms with Gasteiger partial charge in [0, 0.05) is 24.7 Å². The van der Waals surface area contributed by atoms with Crippen LogP contribution in [0.15, 0.2) is 24.3 Å². The number of carbonyl (C=O) groups excluding carboxylic acids is 1. The Bertz CT molecular complexity index is 646. The van der Waals surface area contributed by atoms with Gasteiger partial charge in [-0.15, -0.1) is 0 Å². The van der Waals surface area contributed by atoms with Gasteiger partial charge >= 0.3 is 0 Å². The third-order valence-electron chi connectivity index (χ3n) is 4.24. The largest absolute Gasteiger partial charge is 0.355 e. The van der Waals surface area contributed by atoms with Gasteiger partial charge in [-0.2, -0.15) is 0 Å². The lowest BCUT2D eigenvalue weighted by Gasteiger charge is -2.31. The van der Waals surface area contributed by atoms with Gasteiger partial charge in [-0.1, -0.05) is 30.7 Å². The highest BCUT2D eigenvalue weighted by molar-refractivity contribution is 7.89. The van der Waals surface area contributed by atoms with Crippen molar-refractivity contribution in [2.24, 2.45) is 5.92 Å². The van der Waals surface area contributed by atoms with Crippen molar-refractivity contribution in [1.82, 2.24) is 9.62 Å². The molecule has 0 aliphatic carbocycles. The van der Waals surface area contributed by atoms with Crippen LogP contribution in [0.2, 0.25) is 5.02 Å². The van der Waals surface area contributed by atoms with E-state index in [2.05, 4.69) is 5.32 Å². The fraction of sp³-hybridized carbons (Fsp3) is 0.588. The highest BCUT2D eigenvalue weighted by Gasteiger charge is 2.31. The summed E-state index contributed by atoms with van der Waals surface area (Å²) in [4.78, 5) is 12.3. The van der Waals surface area contributed by atoms with E-state index in [0.717, 1.165) is 24.8 Å². The second-order valence-electron chi connectivity index (χ2n) is 6.18. The van der Waals surface area contributed by atoms with Crippen LogP contribution in [-0.2, 0) is 21.2 Å². The zero-order valence-electron chi connectivity index (χ0n) is 14.0. The lowest BCUT2D eigenvalue weighted by molar-refractivity contribution is -0.126. The summed E-state index contributed by atoms with van der Waals surface area (Å²) in [5.74, 6) is -0.159. The van der Waals surface area contributed by atoms with Crippen LogP contribution in [-0.4, -0.2) is 44.0 Å². The first-order valence-corrected chi connectivity index (χ1v) is 10.4. The van der Waals surface area contributed by atoms with Crippen molar-refractivity contribution >= 4 is 27.5 Å². The number of hydrogen-bond donors (Lipinski definition) is 1. The number of halogens is 1. The van der Waals surface area contributed by atoms with Crippen LogP contribution < -0.4 is 5.32 Å². The van der Waals surface area contributed by atoms with E-state index in [9.17, 15) is 13.2 Å². The van der Waals surface area contributed by atoms with E-state index in [-0.39, 0.29) is 17.6 Å². The van der Waals surface area contributed by atoms with Crippen molar-refractivity contribution in [3.05, 3.63) is 34.9 Å². The van der Waals surface area contributed by atoms with E-state index in [1.807, 2.05) is 31.2 Å². The first-order chi connectivity index (χ1) is 11.4. The lowest BCUT2D eigenvalue weighted by Crippen LogP contribution is -2.46. The molecule has 1 heterocycles. The Hall–Kier alpha value is -1.11. The molecule has 0 saturated carbocycles. The molecule has 24 heavy (non-hydrogen) atoms. The fourth-order valence-corrected chi connectivity index (χ4v) is 4.64. The van der Waals surface area contributed by atoms with Crippen molar-refractivity contribution in [3.63, 3.8) is 0 Å². The molecule has 1 aliphatic heterocycles. The Labute approximate surface area is 149 Å². The number of benzene rings is 1. The number of sulfonamides is 1. The maximum Gasteiger partial charge on any atom is 0.224 e. The molecule has 1 aromatic carbocycles. The Morgan fingerprint density at radius 1 is 1.33 bits per heavy atom. The summed E-state index contributed by atoms with van der Waals surface area (Å²) in [5, 5.41) is 3.62. The Morgan fingerprint density at radius 3 is 2.71 bits per heavy atom. The van der Waals surface area contributed by atoms with Crippen LogP contribution >= 0.6 is 11.6 Å². The summed E-state index contributed by atoms with van der Waals surface area (Å²) in [6, 6.07) is 7.54. The molecule has 134 valence electrons. The van der Waals surface area contributed by atoms with Gasteiger partial charge in [-0.25, -0.2) is 12.7 Å². The predicted molar refractivity (Wildman–Crippen MR) is 96.5 cm³/mol. The molecule has 1 fully saturated rings. The number of nitrogens with one attached hydrogen (secondary N) is 1. The average molecular weight is 373 g/mol. The zero-order valence-corrected chi connectivity index (χ0v) is 15.6. The minimum atomic E-state index is -3.23. The van der Waals surface area contributed by atoms with Crippen LogP contribution in [0.1, 0.15) is 31.7 Å². The van der Waals surface area contributed by atoms with Crippen LogP contribution in [0.25, 0.3) is 0 Å². The second kappa shape index (κ2) is 8.83. The summed E-state index contributed by atoms with van der Waals surface area (Å²) in [6.07, 6.45) is 2.80. The molecule has 1 aliphatic rings. The third kappa shape index (κ3) is 5.46. The monoisotopic (exact) mass is 372 g/mol. The lowest BCUT2D eigenvalue weighted by atomic mass is 9.99. The van der Waals surface area contributed by atoms with E-state index < -0.39 is 10.0 Å². The molecule has 7 heteroatoms. The molecule has 1 atom stereocenters. The van der Waals surface area contributed by atoms with Gasteiger partial charge in [0.25, 0.3) is 0 Å². The first kappa shape index (κ1) is 19.2.